The average Bonchev–Trinajstić information content (AvgIpc) is 2.25. The van der Waals surface area contributed by atoms with Crippen LogP contribution in [0.1, 0.15) is 65.7 Å². The van der Waals surface area contributed by atoms with Crippen molar-refractivity contribution >= 4 is 0 Å². The number of hydrogen-bond donors (Lipinski definition) is 1. The average molecular weight is 211 g/mol. The van der Waals surface area contributed by atoms with E-state index in [9.17, 15) is 0 Å². The number of rotatable bonds is 6. The maximum absolute atomic E-state index is 3.72. The molecule has 0 aromatic heterocycles. The van der Waals surface area contributed by atoms with Gasteiger partial charge in [-0.25, -0.2) is 0 Å². The highest BCUT2D eigenvalue weighted by molar-refractivity contribution is 4.71. The molecule has 0 bridgehead atoms. The summed E-state index contributed by atoms with van der Waals surface area (Å²) in [4.78, 5) is 0. The summed E-state index contributed by atoms with van der Waals surface area (Å²) in [6.07, 6.45) is 10.1. The van der Waals surface area contributed by atoms with Crippen LogP contribution in [0.4, 0.5) is 0 Å². The van der Waals surface area contributed by atoms with E-state index in [1.54, 1.807) is 0 Å². The van der Waals surface area contributed by atoms with E-state index in [-0.39, 0.29) is 0 Å². The van der Waals surface area contributed by atoms with Crippen molar-refractivity contribution < 1.29 is 0 Å². The lowest BCUT2D eigenvalue weighted by atomic mass is 9.87. The lowest BCUT2D eigenvalue weighted by Gasteiger charge is -2.25. The van der Waals surface area contributed by atoms with Gasteiger partial charge < -0.3 is 5.32 Å². The first-order chi connectivity index (χ1) is 7.24. The third-order valence-electron chi connectivity index (χ3n) is 3.93. The largest absolute Gasteiger partial charge is 0.314 e. The molecule has 90 valence electrons. The molecule has 1 unspecified atom stereocenters. The minimum Gasteiger partial charge on any atom is -0.314 e. The van der Waals surface area contributed by atoms with Gasteiger partial charge in [0.1, 0.15) is 0 Å². The summed E-state index contributed by atoms with van der Waals surface area (Å²) in [5.74, 6) is 1.80. The molecule has 1 N–H and O–H groups in total. The van der Waals surface area contributed by atoms with Gasteiger partial charge in [-0.1, -0.05) is 52.9 Å². The van der Waals surface area contributed by atoms with Gasteiger partial charge in [-0.05, 0) is 31.2 Å². The van der Waals surface area contributed by atoms with Crippen molar-refractivity contribution in [3.05, 3.63) is 0 Å². The predicted molar refractivity (Wildman–Crippen MR) is 68.1 cm³/mol. The number of nitrogens with one attached hydrogen (secondary N) is 1. The van der Waals surface area contributed by atoms with Gasteiger partial charge in [-0.3, -0.25) is 0 Å². The number of hydrogen-bond acceptors (Lipinski definition) is 1. The van der Waals surface area contributed by atoms with Crippen molar-refractivity contribution in [3.8, 4) is 0 Å². The second kappa shape index (κ2) is 7.27. The van der Waals surface area contributed by atoms with E-state index < -0.39 is 0 Å². The molecule has 0 spiro atoms. The zero-order chi connectivity index (χ0) is 11.1. The molecule has 1 heteroatoms. The highest BCUT2D eigenvalue weighted by Gasteiger charge is 2.14. The van der Waals surface area contributed by atoms with Crippen molar-refractivity contribution in [2.75, 3.05) is 6.54 Å². The molecule has 0 aromatic carbocycles. The third-order valence-corrected chi connectivity index (χ3v) is 3.93. The Morgan fingerprint density at radius 3 is 2.33 bits per heavy atom. The van der Waals surface area contributed by atoms with Crippen LogP contribution in [0.2, 0.25) is 0 Å². The molecule has 1 rings (SSSR count). The summed E-state index contributed by atoms with van der Waals surface area (Å²) >= 11 is 0. The van der Waals surface area contributed by atoms with Crippen LogP contribution in [0.5, 0.6) is 0 Å². The van der Waals surface area contributed by atoms with Gasteiger partial charge in [0.15, 0.2) is 0 Å². The lowest BCUT2D eigenvalue weighted by molar-refractivity contribution is 0.313. The van der Waals surface area contributed by atoms with Crippen LogP contribution in [0.15, 0.2) is 0 Å². The first kappa shape index (κ1) is 13.0. The highest BCUT2D eigenvalue weighted by atomic mass is 14.9. The van der Waals surface area contributed by atoms with Crippen LogP contribution in [0, 0.1) is 11.8 Å². The first-order valence-electron chi connectivity index (χ1n) is 6.97. The van der Waals surface area contributed by atoms with Gasteiger partial charge in [0.2, 0.25) is 0 Å². The second-order valence-electron chi connectivity index (χ2n) is 5.51. The van der Waals surface area contributed by atoms with E-state index >= 15 is 0 Å². The molecule has 1 aliphatic rings. The normalized spacial score (nSPS) is 20.8. The van der Waals surface area contributed by atoms with Gasteiger partial charge in [-0.15, -0.1) is 0 Å². The summed E-state index contributed by atoms with van der Waals surface area (Å²) in [7, 11) is 0. The molecule has 15 heavy (non-hydrogen) atoms. The minimum absolute atomic E-state index is 0.730. The van der Waals surface area contributed by atoms with E-state index in [1.807, 2.05) is 0 Å². The van der Waals surface area contributed by atoms with Crippen LogP contribution >= 0.6 is 0 Å². The fraction of sp³-hybridized carbons (Fsp3) is 1.00. The first-order valence-corrected chi connectivity index (χ1v) is 6.97. The summed E-state index contributed by atoms with van der Waals surface area (Å²) < 4.78 is 0. The molecular weight excluding hydrogens is 182 g/mol. The Bertz CT molecular complexity index is 147. The van der Waals surface area contributed by atoms with Crippen molar-refractivity contribution in [3.63, 3.8) is 0 Å². The van der Waals surface area contributed by atoms with E-state index in [0.29, 0.717) is 0 Å². The van der Waals surface area contributed by atoms with E-state index in [4.69, 9.17) is 0 Å². The van der Waals surface area contributed by atoms with Crippen molar-refractivity contribution in [1.82, 2.24) is 5.32 Å². The maximum Gasteiger partial charge on any atom is 0.00874 e. The van der Waals surface area contributed by atoms with Crippen molar-refractivity contribution in [1.29, 1.82) is 0 Å². The van der Waals surface area contributed by atoms with E-state index in [2.05, 4.69) is 26.1 Å². The Morgan fingerprint density at radius 1 is 1.13 bits per heavy atom. The summed E-state index contributed by atoms with van der Waals surface area (Å²) in [6.45, 7) is 8.17. The monoisotopic (exact) mass is 211 g/mol. The zero-order valence-corrected chi connectivity index (χ0v) is 10.9. The van der Waals surface area contributed by atoms with Crippen LogP contribution < -0.4 is 5.32 Å². The van der Waals surface area contributed by atoms with E-state index in [1.165, 1.54) is 51.5 Å². The Kier molecular flexibility index (Phi) is 6.31. The van der Waals surface area contributed by atoms with Gasteiger partial charge in [0.25, 0.3) is 0 Å². The fourth-order valence-electron chi connectivity index (χ4n) is 2.80. The molecular formula is C14H29N. The third kappa shape index (κ3) is 5.01. The lowest BCUT2D eigenvalue weighted by Crippen LogP contribution is -2.34. The van der Waals surface area contributed by atoms with Gasteiger partial charge in [0, 0.05) is 6.04 Å². The van der Waals surface area contributed by atoms with Gasteiger partial charge in [0.05, 0.1) is 0 Å². The molecule has 0 aliphatic heterocycles. The smallest absolute Gasteiger partial charge is 0.00874 e. The Morgan fingerprint density at radius 2 is 1.80 bits per heavy atom. The SMILES string of the molecule is CCC(NCCC1CCCCC1)C(C)C. The Hall–Kier alpha value is -0.0400. The molecule has 1 nitrogen and oxygen atoms in total. The molecule has 0 aromatic rings. The van der Waals surface area contributed by atoms with Crippen LogP contribution in [0.3, 0.4) is 0 Å². The standard InChI is InChI=1S/C14H29N/c1-4-14(12(2)3)15-11-10-13-8-6-5-7-9-13/h12-15H,4-11H2,1-3H3. The maximum atomic E-state index is 3.72. The van der Waals surface area contributed by atoms with Crippen molar-refractivity contribution in [2.45, 2.75) is 71.8 Å². The predicted octanol–water partition coefficient (Wildman–Crippen LogP) is 3.98. The summed E-state index contributed by atoms with van der Waals surface area (Å²) in [5, 5.41) is 3.72. The Labute approximate surface area is 96.0 Å². The minimum atomic E-state index is 0.730. The van der Waals surface area contributed by atoms with Crippen LogP contribution in [-0.2, 0) is 0 Å². The van der Waals surface area contributed by atoms with Crippen LogP contribution in [0.25, 0.3) is 0 Å². The summed E-state index contributed by atoms with van der Waals surface area (Å²) in [6, 6.07) is 0.730. The summed E-state index contributed by atoms with van der Waals surface area (Å²) in [5.41, 5.74) is 0. The molecule has 1 aliphatic carbocycles. The molecule has 1 atom stereocenters. The molecule has 1 fully saturated rings. The Balaban J connectivity index is 2.08. The molecule has 0 saturated heterocycles. The second-order valence-corrected chi connectivity index (χ2v) is 5.51. The zero-order valence-electron chi connectivity index (χ0n) is 10.9. The topological polar surface area (TPSA) is 12.0 Å². The fourth-order valence-corrected chi connectivity index (χ4v) is 2.80. The van der Waals surface area contributed by atoms with Crippen molar-refractivity contribution in [2.24, 2.45) is 11.8 Å². The quantitative estimate of drug-likeness (QED) is 0.700. The van der Waals surface area contributed by atoms with Crippen LogP contribution in [-0.4, -0.2) is 12.6 Å². The van der Waals surface area contributed by atoms with Gasteiger partial charge in [-0.2, -0.15) is 0 Å². The molecule has 0 amide bonds. The molecule has 0 heterocycles. The highest BCUT2D eigenvalue weighted by Crippen LogP contribution is 2.25. The van der Waals surface area contributed by atoms with Gasteiger partial charge >= 0.3 is 0 Å². The molecule has 1 saturated carbocycles. The molecule has 0 radical (unpaired) electrons. The van der Waals surface area contributed by atoms with E-state index in [0.717, 1.165) is 17.9 Å².